The predicted molar refractivity (Wildman–Crippen MR) is 104 cm³/mol. The van der Waals surface area contributed by atoms with Crippen LogP contribution in [0.1, 0.15) is 28.0 Å². The van der Waals surface area contributed by atoms with Crippen LogP contribution in [0.15, 0.2) is 23.2 Å². The highest BCUT2D eigenvalue weighted by Crippen LogP contribution is 2.45. The van der Waals surface area contributed by atoms with Crippen molar-refractivity contribution in [3.8, 4) is 0 Å². The van der Waals surface area contributed by atoms with Crippen LogP contribution < -0.4 is 4.90 Å². The summed E-state index contributed by atoms with van der Waals surface area (Å²) < 4.78 is 116. The van der Waals surface area contributed by atoms with Crippen LogP contribution in [-0.4, -0.2) is 49.3 Å². The summed E-state index contributed by atoms with van der Waals surface area (Å²) in [6, 6.07) is 1.97. The van der Waals surface area contributed by atoms with Crippen LogP contribution >= 0.6 is 11.3 Å². The average Bonchev–Trinajstić information content (AvgIpc) is 3.25. The lowest BCUT2D eigenvalue weighted by Gasteiger charge is -2.17. The zero-order valence-electron chi connectivity index (χ0n) is 16.8. The molecule has 1 amide bonds. The summed E-state index contributed by atoms with van der Waals surface area (Å²) in [5, 5.41) is 3.70. The topological polar surface area (TPSA) is 88.9 Å². The van der Waals surface area contributed by atoms with Gasteiger partial charge >= 0.3 is 18.3 Å². The molecule has 3 rings (SSSR count). The van der Waals surface area contributed by atoms with Crippen molar-refractivity contribution >= 4 is 44.2 Å². The lowest BCUT2D eigenvalue weighted by molar-refractivity contribution is -0.289. The van der Waals surface area contributed by atoms with E-state index in [1.54, 1.807) is 0 Å². The fourth-order valence-corrected chi connectivity index (χ4v) is 4.30. The molecule has 7 nitrogen and oxygen atoms in total. The van der Waals surface area contributed by atoms with Crippen molar-refractivity contribution in [3.05, 3.63) is 34.6 Å². The van der Waals surface area contributed by atoms with Gasteiger partial charge in [-0.05, 0) is 12.1 Å². The second-order valence-electron chi connectivity index (χ2n) is 6.55. The molecule has 0 saturated heterocycles. The Labute approximate surface area is 191 Å². The maximum Gasteiger partial charge on any atom is 0.460 e. The fourth-order valence-electron chi connectivity index (χ4n) is 2.55. The number of hydrogen-bond donors (Lipinski definition) is 0. The molecule has 0 spiro atoms. The normalized spacial score (nSPS) is 13.8. The van der Waals surface area contributed by atoms with E-state index >= 15 is 0 Å². The first kappa shape index (κ1) is 25.8. The molecule has 1 unspecified atom stereocenters. The Morgan fingerprint density at radius 1 is 1.06 bits per heavy atom. The van der Waals surface area contributed by atoms with Gasteiger partial charge in [0.2, 0.25) is 5.13 Å². The van der Waals surface area contributed by atoms with Gasteiger partial charge in [0.1, 0.15) is 0 Å². The standard InChI is InChI=1S/C17H11F8N5O2S2/c1-3-34(32)10-5-9-8(26-6-11(27-9)16(20,21)22)4-7(10)12(31)30(2)14-29-28-13(33-14)15(18,19)17(23,24)25/h4-6H,3H2,1-2H3. The van der Waals surface area contributed by atoms with Gasteiger partial charge in [0.15, 0.2) is 10.7 Å². The molecule has 0 saturated carbocycles. The molecule has 0 bridgehead atoms. The Bertz CT molecular complexity index is 1280. The third-order valence-corrected chi connectivity index (χ3v) is 6.72. The van der Waals surface area contributed by atoms with Crippen molar-refractivity contribution in [1.82, 2.24) is 20.2 Å². The number of benzene rings is 1. The Morgan fingerprint density at radius 3 is 2.26 bits per heavy atom. The van der Waals surface area contributed by atoms with Gasteiger partial charge < -0.3 is 0 Å². The number of alkyl halides is 8. The number of carbonyl (C=O) groups excluding carboxylic acids is 1. The molecule has 3 aromatic rings. The fraction of sp³-hybridized carbons (Fsp3) is 0.353. The van der Waals surface area contributed by atoms with Crippen LogP contribution in [0.4, 0.5) is 40.3 Å². The summed E-state index contributed by atoms with van der Waals surface area (Å²) in [7, 11) is -0.898. The van der Waals surface area contributed by atoms with Crippen LogP contribution in [0.3, 0.4) is 0 Å². The zero-order chi connectivity index (χ0) is 25.6. The number of aromatic nitrogens is 4. The lowest BCUT2D eigenvalue weighted by Crippen LogP contribution is -2.33. The Kier molecular flexibility index (Phi) is 6.64. The van der Waals surface area contributed by atoms with Gasteiger partial charge in [0.05, 0.1) is 38.5 Å². The molecular weight excluding hydrogens is 522 g/mol. The smallest absolute Gasteiger partial charge is 0.286 e. The largest absolute Gasteiger partial charge is 0.460 e. The number of rotatable bonds is 5. The van der Waals surface area contributed by atoms with E-state index in [2.05, 4.69) is 20.2 Å². The van der Waals surface area contributed by atoms with Gasteiger partial charge in [-0.2, -0.15) is 35.1 Å². The highest BCUT2D eigenvalue weighted by Gasteiger charge is 2.61. The summed E-state index contributed by atoms with van der Waals surface area (Å²) in [5.41, 5.74) is -2.16. The van der Waals surface area contributed by atoms with E-state index in [0.717, 1.165) is 19.2 Å². The minimum absolute atomic E-state index is 0.0529. The first-order valence-corrected chi connectivity index (χ1v) is 11.0. The van der Waals surface area contributed by atoms with Gasteiger partial charge in [0, 0.05) is 12.8 Å². The quantitative estimate of drug-likeness (QED) is 0.447. The molecule has 0 fully saturated rings. The van der Waals surface area contributed by atoms with E-state index in [0.29, 0.717) is 11.1 Å². The Morgan fingerprint density at radius 2 is 1.71 bits per heavy atom. The van der Waals surface area contributed by atoms with Crippen LogP contribution in [0.25, 0.3) is 11.0 Å². The highest BCUT2D eigenvalue weighted by atomic mass is 32.2. The maximum atomic E-state index is 13.5. The minimum atomic E-state index is -5.94. The highest BCUT2D eigenvalue weighted by molar-refractivity contribution is 7.85. The van der Waals surface area contributed by atoms with Crippen molar-refractivity contribution in [2.45, 2.75) is 30.1 Å². The van der Waals surface area contributed by atoms with Crippen molar-refractivity contribution in [1.29, 1.82) is 0 Å². The average molecular weight is 533 g/mol. The third-order valence-electron chi connectivity index (χ3n) is 4.30. The van der Waals surface area contributed by atoms with E-state index in [9.17, 15) is 44.1 Å². The molecular formula is C17H11F8N5O2S2. The van der Waals surface area contributed by atoms with E-state index in [1.165, 1.54) is 6.92 Å². The van der Waals surface area contributed by atoms with Gasteiger partial charge in [-0.3, -0.25) is 18.9 Å². The molecule has 0 aliphatic carbocycles. The molecule has 0 aliphatic rings. The van der Waals surface area contributed by atoms with E-state index < -0.39 is 50.8 Å². The van der Waals surface area contributed by atoms with Crippen molar-refractivity contribution in [3.63, 3.8) is 0 Å². The van der Waals surface area contributed by atoms with E-state index in [4.69, 9.17) is 0 Å². The monoisotopic (exact) mass is 533 g/mol. The number of amides is 1. The van der Waals surface area contributed by atoms with Gasteiger partial charge in [-0.15, -0.1) is 10.2 Å². The van der Waals surface area contributed by atoms with Crippen LogP contribution in [0.2, 0.25) is 0 Å². The molecule has 0 N–H and O–H groups in total. The molecule has 0 radical (unpaired) electrons. The molecule has 17 heteroatoms. The van der Waals surface area contributed by atoms with Crippen LogP contribution in [0.5, 0.6) is 0 Å². The summed E-state index contributed by atoms with van der Waals surface area (Å²) in [6.45, 7) is 1.46. The maximum absolute atomic E-state index is 13.5. The summed E-state index contributed by atoms with van der Waals surface area (Å²) in [5.74, 6) is -6.41. The summed E-state index contributed by atoms with van der Waals surface area (Å²) >= 11 is -0.190. The first-order chi connectivity index (χ1) is 15.6. The number of fused-ring (bicyclic) bond motifs is 1. The Balaban J connectivity index is 2.07. The summed E-state index contributed by atoms with van der Waals surface area (Å²) in [4.78, 5) is 20.4. The molecule has 34 heavy (non-hydrogen) atoms. The molecule has 184 valence electrons. The number of carbonyl (C=O) groups is 1. The third kappa shape index (κ3) is 4.70. The number of hydrogen-bond acceptors (Lipinski definition) is 7. The van der Waals surface area contributed by atoms with E-state index in [-0.39, 0.29) is 38.6 Å². The van der Waals surface area contributed by atoms with E-state index in [1.807, 2.05) is 0 Å². The van der Waals surface area contributed by atoms with Crippen molar-refractivity contribution < 1.29 is 44.1 Å². The summed E-state index contributed by atoms with van der Waals surface area (Å²) in [6.07, 6.45) is -10.3. The minimum Gasteiger partial charge on any atom is -0.286 e. The second-order valence-corrected chi connectivity index (χ2v) is 9.21. The van der Waals surface area contributed by atoms with Gasteiger partial charge in [-0.25, -0.2) is 4.98 Å². The molecule has 1 atom stereocenters. The number of halogens is 8. The SMILES string of the molecule is CCS(=O)c1cc2nc(C(F)(F)F)cnc2cc1C(=O)N(C)c1nnc(C(F)(F)C(F)(F)F)s1. The van der Waals surface area contributed by atoms with Crippen LogP contribution in [0, 0.1) is 0 Å². The van der Waals surface area contributed by atoms with Gasteiger partial charge in [0.25, 0.3) is 5.91 Å². The predicted octanol–water partition coefficient (Wildman–Crippen LogP) is 4.56. The van der Waals surface area contributed by atoms with Crippen molar-refractivity contribution in [2.24, 2.45) is 0 Å². The molecule has 1 aromatic carbocycles. The number of nitrogens with zero attached hydrogens (tertiary/aromatic N) is 5. The Hall–Kier alpha value is -2.82. The van der Waals surface area contributed by atoms with Crippen molar-refractivity contribution in [2.75, 3.05) is 17.7 Å². The second kappa shape index (κ2) is 8.75. The molecule has 0 aliphatic heterocycles. The molecule has 2 aromatic heterocycles. The van der Waals surface area contributed by atoms with Crippen LogP contribution in [-0.2, 0) is 22.9 Å². The lowest BCUT2D eigenvalue weighted by atomic mass is 10.1. The zero-order valence-corrected chi connectivity index (χ0v) is 18.5. The molecule has 2 heterocycles. The first-order valence-electron chi connectivity index (χ1n) is 8.90. The number of anilines is 1. The van der Waals surface area contributed by atoms with Gasteiger partial charge in [-0.1, -0.05) is 18.3 Å².